The number of rotatable bonds is 2. The summed E-state index contributed by atoms with van der Waals surface area (Å²) in [5, 5.41) is 0.803. The summed E-state index contributed by atoms with van der Waals surface area (Å²) in [6.45, 7) is 1.76. The van der Waals surface area contributed by atoms with Gasteiger partial charge in [0.05, 0.1) is 5.56 Å². The highest BCUT2D eigenvalue weighted by Crippen LogP contribution is 2.21. The Balaban J connectivity index is 2.48. The third-order valence-corrected chi connectivity index (χ3v) is 3.08. The van der Waals surface area contributed by atoms with Gasteiger partial charge < -0.3 is 0 Å². The van der Waals surface area contributed by atoms with Gasteiger partial charge in [0.25, 0.3) is 0 Å². The lowest BCUT2D eigenvalue weighted by atomic mass is 9.99. The Morgan fingerprint density at radius 2 is 1.56 bits per heavy atom. The number of halogens is 3. The summed E-state index contributed by atoms with van der Waals surface area (Å²) in [6, 6.07) is 8.86. The molecule has 0 aliphatic rings. The summed E-state index contributed by atoms with van der Waals surface area (Å²) in [7, 11) is 0. The summed E-state index contributed by atoms with van der Waals surface area (Å²) in [6.07, 6.45) is 0. The van der Waals surface area contributed by atoms with Crippen molar-refractivity contribution >= 4 is 29.0 Å². The highest BCUT2D eigenvalue weighted by Gasteiger charge is 2.16. The molecule has 0 saturated heterocycles. The minimum absolute atomic E-state index is 0.00447. The second-order valence-corrected chi connectivity index (χ2v) is 4.79. The van der Waals surface area contributed by atoms with E-state index in [1.165, 1.54) is 12.1 Å². The standard InChI is InChI=1S/C14H9Cl2FO/c1-8-6-9(15)2-4-11(8)14(18)12-5-3-10(16)7-13(12)17/h2-7H,1H3. The molecule has 0 aliphatic carbocycles. The van der Waals surface area contributed by atoms with Crippen molar-refractivity contribution in [2.24, 2.45) is 0 Å². The highest BCUT2D eigenvalue weighted by atomic mass is 35.5. The second-order valence-electron chi connectivity index (χ2n) is 3.91. The number of hydrogen-bond donors (Lipinski definition) is 0. The van der Waals surface area contributed by atoms with Gasteiger partial charge in [-0.15, -0.1) is 0 Å². The van der Waals surface area contributed by atoms with E-state index in [-0.39, 0.29) is 16.4 Å². The number of ketones is 1. The van der Waals surface area contributed by atoms with Crippen LogP contribution in [0.3, 0.4) is 0 Å². The van der Waals surface area contributed by atoms with E-state index in [9.17, 15) is 9.18 Å². The summed E-state index contributed by atoms with van der Waals surface area (Å²) in [5.41, 5.74) is 1.15. The smallest absolute Gasteiger partial charge is 0.196 e. The summed E-state index contributed by atoms with van der Waals surface area (Å²) in [5.74, 6) is -1.000. The monoisotopic (exact) mass is 282 g/mol. The van der Waals surface area contributed by atoms with Gasteiger partial charge >= 0.3 is 0 Å². The van der Waals surface area contributed by atoms with E-state index < -0.39 is 5.82 Å². The molecule has 0 aromatic heterocycles. The van der Waals surface area contributed by atoms with Crippen LogP contribution in [-0.2, 0) is 0 Å². The Morgan fingerprint density at radius 3 is 2.11 bits per heavy atom. The van der Waals surface area contributed by atoms with E-state index >= 15 is 0 Å². The maximum absolute atomic E-state index is 13.7. The van der Waals surface area contributed by atoms with Gasteiger partial charge in [0.1, 0.15) is 5.82 Å². The number of carbonyl (C=O) groups is 1. The zero-order valence-electron chi connectivity index (χ0n) is 9.51. The normalized spacial score (nSPS) is 10.4. The molecule has 0 spiro atoms. The molecule has 0 radical (unpaired) electrons. The fourth-order valence-corrected chi connectivity index (χ4v) is 2.09. The van der Waals surface area contributed by atoms with E-state index in [0.29, 0.717) is 16.1 Å². The molecule has 0 bridgehead atoms. The third-order valence-electron chi connectivity index (χ3n) is 2.61. The largest absolute Gasteiger partial charge is 0.288 e. The lowest BCUT2D eigenvalue weighted by Gasteiger charge is -2.06. The molecule has 0 saturated carbocycles. The topological polar surface area (TPSA) is 17.1 Å². The zero-order valence-corrected chi connectivity index (χ0v) is 11.0. The molecule has 4 heteroatoms. The average Bonchev–Trinajstić information content (AvgIpc) is 2.28. The maximum atomic E-state index is 13.7. The lowest BCUT2D eigenvalue weighted by molar-refractivity contribution is 0.103. The Labute approximate surface area is 114 Å². The van der Waals surface area contributed by atoms with Crippen molar-refractivity contribution in [1.82, 2.24) is 0 Å². The van der Waals surface area contributed by atoms with Crippen LogP contribution in [0.5, 0.6) is 0 Å². The van der Waals surface area contributed by atoms with Crippen LogP contribution in [0.25, 0.3) is 0 Å². The fourth-order valence-electron chi connectivity index (χ4n) is 1.70. The quantitative estimate of drug-likeness (QED) is 0.732. The van der Waals surface area contributed by atoms with Crippen LogP contribution >= 0.6 is 23.2 Å². The van der Waals surface area contributed by atoms with Crippen molar-refractivity contribution in [2.75, 3.05) is 0 Å². The van der Waals surface area contributed by atoms with Crippen LogP contribution in [-0.4, -0.2) is 5.78 Å². The first-order chi connectivity index (χ1) is 8.49. The van der Waals surface area contributed by atoms with E-state index in [0.717, 1.165) is 6.07 Å². The van der Waals surface area contributed by atoms with E-state index in [4.69, 9.17) is 23.2 Å². The van der Waals surface area contributed by atoms with Crippen molar-refractivity contribution in [3.8, 4) is 0 Å². The molecule has 0 unspecified atom stereocenters. The molecule has 2 aromatic rings. The van der Waals surface area contributed by atoms with Crippen molar-refractivity contribution in [3.05, 3.63) is 69.0 Å². The molecular formula is C14H9Cl2FO. The van der Waals surface area contributed by atoms with Gasteiger partial charge in [0.15, 0.2) is 5.78 Å². The van der Waals surface area contributed by atoms with Crippen LogP contribution in [0.1, 0.15) is 21.5 Å². The summed E-state index contributed by atoms with van der Waals surface area (Å²) >= 11 is 11.5. The molecule has 0 aliphatic heterocycles. The Hall–Kier alpha value is -1.38. The van der Waals surface area contributed by atoms with Crippen LogP contribution in [0.15, 0.2) is 36.4 Å². The van der Waals surface area contributed by atoms with Gasteiger partial charge in [0, 0.05) is 15.6 Å². The first-order valence-electron chi connectivity index (χ1n) is 5.25. The molecule has 0 fully saturated rings. The summed E-state index contributed by atoms with van der Waals surface area (Å²) in [4.78, 5) is 12.2. The number of aryl methyl sites for hydroxylation is 1. The highest BCUT2D eigenvalue weighted by molar-refractivity contribution is 6.31. The Bertz CT molecular complexity index is 570. The van der Waals surface area contributed by atoms with Crippen molar-refractivity contribution < 1.29 is 9.18 Å². The first-order valence-corrected chi connectivity index (χ1v) is 6.00. The minimum Gasteiger partial charge on any atom is -0.288 e. The SMILES string of the molecule is Cc1cc(Cl)ccc1C(=O)c1ccc(Cl)cc1F. The van der Waals surface area contributed by atoms with Crippen molar-refractivity contribution in [3.63, 3.8) is 0 Å². The van der Waals surface area contributed by atoms with Gasteiger partial charge in [-0.3, -0.25) is 4.79 Å². The van der Waals surface area contributed by atoms with Gasteiger partial charge in [0.2, 0.25) is 0 Å². The van der Waals surface area contributed by atoms with Crippen LogP contribution < -0.4 is 0 Å². The summed E-state index contributed by atoms with van der Waals surface area (Å²) < 4.78 is 13.7. The van der Waals surface area contributed by atoms with Crippen LogP contribution in [0.2, 0.25) is 10.0 Å². The molecule has 2 rings (SSSR count). The predicted molar refractivity (Wildman–Crippen MR) is 71.0 cm³/mol. The molecule has 0 heterocycles. The van der Waals surface area contributed by atoms with Gasteiger partial charge in [-0.25, -0.2) is 4.39 Å². The molecule has 0 atom stereocenters. The zero-order chi connectivity index (χ0) is 13.3. The van der Waals surface area contributed by atoms with E-state index in [1.54, 1.807) is 25.1 Å². The average molecular weight is 283 g/mol. The van der Waals surface area contributed by atoms with Gasteiger partial charge in [-0.05, 0) is 48.9 Å². The minimum atomic E-state index is -0.623. The van der Waals surface area contributed by atoms with Gasteiger partial charge in [-0.1, -0.05) is 23.2 Å². The van der Waals surface area contributed by atoms with Crippen molar-refractivity contribution in [1.29, 1.82) is 0 Å². The lowest BCUT2D eigenvalue weighted by Crippen LogP contribution is -2.06. The third kappa shape index (κ3) is 2.55. The fraction of sp³-hybridized carbons (Fsp3) is 0.0714. The second kappa shape index (κ2) is 5.09. The maximum Gasteiger partial charge on any atom is 0.196 e. The number of hydrogen-bond acceptors (Lipinski definition) is 1. The van der Waals surface area contributed by atoms with Crippen LogP contribution in [0, 0.1) is 12.7 Å². The van der Waals surface area contributed by atoms with Gasteiger partial charge in [-0.2, -0.15) is 0 Å². The molecule has 18 heavy (non-hydrogen) atoms. The van der Waals surface area contributed by atoms with Crippen molar-refractivity contribution in [2.45, 2.75) is 6.92 Å². The molecule has 92 valence electrons. The molecular weight excluding hydrogens is 274 g/mol. The van der Waals surface area contributed by atoms with E-state index in [2.05, 4.69) is 0 Å². The Morgan fingerprint density at radius 1 is 1.00 bits per heavy atom. The Kier molecular flexibility index (Phi) is 3.69. The van der Waals surface area contributed by atoms with E-state index in [1.807, 2.05) is 0 Å². The molecule has 2 aromatic carbocycles. The molecule has 0 amide bonds. The number of benzene rings is 2. The number of carbonyl (C=O) groups excluding carboxylic acids is 1. The van der Waals surface area contributed by atoms with Crippen LogP contribution in [0.4, 0.5) is 4.39 Å². The predicted octanol–water partition coefficient (Wildman–Crippen LogP) is 4.67. The molecule has 0 N–H and O–H groups in total. The molecule has 1 nitrogen and oxygen atoms in total. The first kappa shape index (κ1) is 13.1.